The smallest absolute Gasteiger partial charge is 0.414 e. The Bertz CT molecular complexity index is 1720. The normalized spacial score (nSPS) is 19.1. The Labute approximate surface area is 284 Å². The number of fused-ring (bicyclic) bond motifs is 3. The highest BCUT2D eigenvalue weighted by Crippen LogP contribution is 2.34. The number of rotatable bonds is 13. The van der Waals surface area contributed by atoms with Gasteiger partial charge in [-0.25, -0.2) is 9.78 Å². The van der Waals surface area contributed by atoms with E-state index in [2.05, 4.69) is 39.8 Å². The van der Waals surface area contributed by atoms with Crippen LogP contribution in [-0.2, 0) is 21.3 Å². The Morgan fingerprint density at radius 1 is 0.918 bits per heavy atom. The first-order valence-electron chi connectivity index (χ1n) is 17.1. The zero-order valence-electron chi connectivity index (χ0n) is 28.5. The molecule has 1 aliphatic carbocycles. The van der Waals surface area contributed by atoms with Crippen LogP contribution in [0.15, 0.2) is 55.0 Å². The predicted octanol–water partition coefficient (Wildman–Crippen LogP) is 8.09. The van der Waals surface area contributed by atoms with E-state index in [4.69, 9.17) is 18.9 Å². The van der Waals surface area contributed by atoms with Crippen molar-refractivity contribution in [2.75, 3.05) is 26.3 Å². The van der Waals surface area contributed by atoms with Gasteiger partial charge in [0, 0.05) is 92.7 Å². The average molecular weight is 683 g/mol. The van der Waals surface area contributed by atoms with E-state index in [0.29, 0.717) is 25.3 Å². The van der Waals surface area contributed by atoms with Gasteiger partial charge in [0.1, 0.15) is 11.7 Å². The minimum Gasteiger partial charge on any atom is -0.474 e. The highest BCUT2D eigenvalue weighted by atomic mass is 19.4. The Kier molecular flexibility index (Phi) is 10.4. The van der Waals surface area contributed by atoms with Crippen LogP contribution < -0.4 is 4.74 Å². The number of benzene rings is 1. The fourth-order valence-electron chi connectivity index (χ4n) is 6.42. The number of nitrogens with zero attached hydrogens (tertiary/aromatic N) is 4. The molecule has 3 aromatic heterocycles. The fraction of sp³-hybridized carbons (Fsp3) is 0.541. The molecule has 12 heteroatoms. The second-order valence-corrected chi connectivity index (χ2v) is 14.2. The van der Waals surface area contributed by atoms with Gasteiger partial charge < -0.3 is 28.4 Å². The van der Waals surface area contributed by atoms with Crippen molar-refractivity contribution in [3.05, 3.63) is 55.0 Å². The highest BCUT2D eigenvalue weighted by Gasteiger charge is 2.45. The number of hydrogen-bond donors (Lipinski definition) is 0. The molecule has 4 heterocycles. The zero-order valence-corrected chi connectivity index (χ0v) is 28.5. The largest absolute Gasteiger partial charge is 0.474 e. The van der Waals surface area contributed by atoms with Crippen LogP contribution in [0.1, 0.15) is 59.3 Å². The topological polar surface area (TPSA) is 87.9 Å². The Morgan fingerprint density at radius 2 is 1.67 bits per heavy atom. The van der Waals surface area contributed by atoms with Crippen LogP contribution in [0.5, 0.6) is 5.88 Å². The number of halogens is 3. The van der Waals surface area contributed by atoms with Gasteiger partial charge in [0.15, 0.2) is 6.10 Å². The maximum atomic E-state index is 13.6. The molecule has 0 bridgehead atoms. The summed E-state index contributed by atoms with van der Waals surface area (Å²) in [6.45, 7) is 6.35. The van der Waals surface area contributed by atoms with Gasteiger partial charge in [-0.2, -0.15) is 13.2 Å². The van der Waals surface area contributed by atoms with Crippen molar-refractivity contribution in [3.63, 3.8) is 0 Å². The minimum absolute atomic E-state index is 0.0350. The van der Waals surface area contributed by atoms with Crippen molar-refractivity contribution < 1.29 is 36.9 Å². The SMILES string of the molecule is Cn1c2ccncc2c2ccc(-c3ccc(O[C@H]4C[C@H](OCCCCCOC(CC5CN(C(=O)OC(C)(C)C)C5)C(F)(F)F)C4)nc3)cc21. The third kappa shape index (κ3) is 8.64. The van der Waals surface area contributed by atoms with Crippen molar-refractivity contribution in [2.45, 2.75) is 89.4 Å². The molecule has 1 aliphatic heterocycles. The Morgan fingerprint density at radius 3 is 2.39 bits per heavy atom. The third-order valence-corrected chi connectivity index (χ3v) is 9.20. The summed E-state index contributed by atoms with van der Waals surface area (Å²) in [5, 5.41) is 2.30. The highest BCUT2D eigenvalue weighted by molar-refractivity contribution is 6.08. The Hall–Kier alpha value is -3.90. The summed E-state index contributed by atoms with van der Waals surface area (Å²) < 4.78 is 65.4. The molecule has 2 fully saturated rings. The Balaban J connectivity index is 0.845. The molecule has 1 aromatic carbocycles. The quantitative estimate of drug-likeness (QED) is 0.132. The summed E-state index contributed by atoms with van der Waals surface area (Å²) in [7, 11) is 2.06. The number of unbranched alkanes of at least 4 members (excludes halogenated alkanes) is 2. The van der Waals surface area contributed by atoms with E-state index in [1.54, 1.807) is 20.8 Å². The first-order chi connectivity index (χ1) is 23.3. The monoisotopic (exact) mass is 682 g/mol. The molecule has 1 saturated heterocycles. The lowest BCUT2D eigenvalue weighted by atomic mass is 9.92. The standard InChI is InChI=1S/C37H45F3N4O5/c1-36(2,3)49-35(45)44-22-24(23-44)16-33(37(38,39)40)47-15-7-5-6-14-46-27-18-28(19-27)48-34-11-9-26(20-42-34)25-8-10-29-30-21-41-13-12-31(30)43(4)32(29)17-25/h8-13,17,20-21,24,27-28,33H,5-7,14-16,18-19,22-23H2,1-4H3/t27-,28-,33?. The summed E-state index contributed by atoms with van der Waals surface area (Å²) >= 11 is 0. The summed E-state index contributed by atoms with van der Waals surface area (Å²) in [4.78, 5) is 22.3. The molecule has 0 radical (unpaired) electrons. The van der Waals surface area contributed by atoms with Crippen LogP contribution in [0, 0.1) is 5.92 Å². The van der Waals surface area contributed by atoms with Gasteiger partial charge in [0.25, 0.3) is 0 Å². The molecule has 1 amide bonds. The number of pyridine rings is 2. The predicted molar refractivity (Wildman–Crippen MR) is 180 cm³/mol. The van der Waals surface area contributed by atoms with Crippen molar-refractivity contribution in [1.29, 1.82) is 0 Å². The molecule has 2 aliphatic rings. The van der Waals surface area contributed by atoms with Crippen molar-refractivity contribution >= 4 is 27.9 Å². The molecule has 1 saturated carbocycles. The van der Waals surface area contributed by atoms with Crippen molar-refractivity contribution in [1.82, 2.24) is 19.4 Å². The molecule has 1 atom stereocenters. The average Bonchev–Trinajstić information content (AvgIpc) is 3.29. The number of aryl methyl sites for hydroxylation is 1. The second-order valence-electron chi connectivity index (χ2n) is 14.2. The van der Waals surface area contributed by atoms with E-state index in [1.807, 2.05) is 36.8 Å². The second kappa shape index (κ2) is 14.5. The molecule has 0 spiro atoms. The molecular weight excluding hydrogens is 637 g/mol. The number of carbonyl (C=O) groups is 1. The maximum absolute atomic E-state index is 13.6. The van der Waals surface area contributed by atoms with Crippen LogP contribution in [0.25, 0.3) is 32.9 Å². The molecule has 1 unspecified atom stereocenters. The number of ether oxygens (including phenoxy) is 4. The fourth-order valence-corrected chi connectivity index (χ4v) is 6.42. The summed E-state index contributed by atoms with van der Waals surface area (Å²) in [5.74, 6) is 0.326. The van der Waals surface area contributed by atoms with E-state index in [9.17, 15) is 18.0 Å². The van der Waals surface area contributed by atoms with Crippen LogP contribution in [0.3, 0.4) is 0 Å². The number of carbonyl (C=O) groups excluding carboxylic acids is 1. The van der Waals surface area contributed by atoms with Gasteiger partial charge in [-0.1, -0.05) is 12.1 Å². The maximum Gasteiger partial charge on any atom is 0.414 e. The van der Waals surface area contributed by atoms with Crippen LogP contribution in [0.4, 0.5) is 18.0 Å². The number of hydrogen-bond acceptors (Lipinski definition) is 7. The molecule has 49 heavy (non-hydrogen) atoms. The van der Waals surface area contributed by atoms with E-state index >= 15 is 0 Å². The molecule has 264 valence electrons. The lowest BCUT2D eigenvalue weighted by Crippen LogP contribution is -2.53. The van der Waals surface area contributed by atoms with E-state index in [0.717, 1.165) is 46.8 Å². The van der Waals surface area contributed by atoms with E-state index in [1.165, 1.54) is 10.3 Å². The van der Waals surface area contributed by atoms with Gasteiger partial charge in [-0.3, -0.25) is 4.98 Å². The van der Waals surface area contributed by atoms with Crippen LogP contribution in [0.2, 0.25) is 0 Å². The van der Waals surface area contributed by atoms with E-state index in [-0.39, 0.29) is 44.2 Å². The van der Waals surface area contributed by atoms with E-state index < -0.39 is 24.0 Å². The molecule has 0 N–H and O–H groups in total. The van der Waals surface area contributed by atoms with Gasteiger partial charge in [-0.05, 0) is 76.1 Å². The molecular formula is C37H45F3N4O5. The number of aromatic nitrogens is 3. The summed E-state index contributed by atoms with van der Waals surface area (Å²) in [6, 6.07) is 12.4. The summed E-state index contributed by atoms with van der Waals surface area (Å²) in [5.41, 5.74) is 3.74. The van der Waals surface area contributed by atoms with Crippen molar-refractivity contribution in [3.8, 4) is 17.0 Å². The molecule has 9 nitrogen and oxygen atoms in total. The van der Waals surface area contributed by atoms with Crippen LogP contribution >= 0.6 is 0 Å². The third-order valence-electron chi connectivity index (χ3n) is 9.20. The number of alkyl halides is 3. The lowest BCUT2D eigenvalue weighted by Gasteiger charge is -2.41. The van der Waals surface area contributed by atoms with Gasteiger partial charge in [0.2, 0.25) is 5.88 Å². The summed E-state index contributed by atoms with van der Waals surface area (Å²) in [6.07, 6.45) is 2.33. The first kappa shape index (κ1) is 34.9. The van der Waals surface area contributed by atoms with Crippen molar-refractivity contribution in [2.24, 2.45) is 13.0 Å². The molecule has 6 rings (SSSR count). The van der Waals surface area contributed by atoms with Crippen LogP contribution in [-0.4, -0.2) is 81.9 Å². The van der Waals surface area contributed by atoms with Gasteiger partial charge in [0.05, 0.1) is 11.6 Å². The first-order valence-corrected chi connectivity index (χ1v) is 17.1. The van der Waals surface area contributed by atoms with Gasteiger partial charge >= 0.3 is 12.3 Å². The number of likely N-dealkylation sites (tertiary alicyclic amines) is 1. The molecule has 4 aromatic rings. The minimum atomic E-state index is -4.44. The lowest BCUT2D eigenvalue weighted by molar-refractivity contribution is -0.227. The number of amides is 1. The zero-order chi connectivity index (χ0) is 34.8. The van der Waals surface area contributed by atoms with Gasteiger partial charge in [-0.15, -0.1) is 0 Å².